The molecule has 0 aromatic heterocycles. The first-order chi connectivity index (χ1) is 9.71. The second kappa shape index (κ2) is 9.82. The summed E-state index contributed by atoms with van der Waals surface area (Å²) in [6, 6.07) is 8.99. The predicted molar refractivity (Wildman–Crippen MR) is 87.5 cm³/mol. The fourth-order valence-electron chi connectivity index (χ4n) is 2.27. The summed E-state index contributed by atoms with van der Waals surface area (Å²) in [5, 5.41) is 3.60. The fourth-order valence-corrected chi connectivity index (χ4v) is 2.27. The summed E-state index contributed by atoms with van der Waals surface area (Å²) in [6.07, 6.45) is 4.68. The third kappa shape index (κ3) is 5.96. The van der Waals surface area contributed by atoms with E-state index < -0.39 is 0 Å². The summed E-state index contributed by atoms with van der Waals surface area (Å²) in [5.74, 6) is 1.62. The zero-order valence-corrected chi connectivity index (χ0v) is 13.6. The van der Waals surface area contributed by atoms with Crippen molar-refractivity contribution in [2.24, 2.45) is 5.92 Å². The maximum atomic E-state index is 5.96. The molecule has 2 nitrogen and oxygen atoms in total. The van der Waals surface area contributed by atoms with Crippen LogP contribution in [0.5, 0.6) is 5.75 Å². The van der Waals surface area contributed by atoms with Gasteiger partial charge in [-0.15, -0.1) is 0 Å². The molecule has 2 atom stereocenters. The molecule has 1 N–H and O–H groups in total. The highest BCUT2D eigenvalue weighted by Crippen LogP contribution is 2.15. The van der Waals surface area contributed by atoms with Crippen molar-refractivity contribution in [1.29, 1.82) is 0 Å². The number of benzene rings is 1. The Morgan fingerprint density at radius 2 is 1.75 bits per heavy atom. The zero-order chi connectivity index (χ0) is 14.8. The Hall–Kier alpha value is -1.02. The van der Waals surface area contributed by atoms with Crippen LogP contribution in [0.1, 0.15) is 52.5 Å². The van der Waals surface area contributed by atoms with Gasteiger partial charge in [-0.2, -0.15) is 0 Å². The maximum Gasteiger partial charge on any atom is 0.119 e. The van der Waals surface area contributed by atoms with Gasteiger partial charge in [0, 0.05) is 6.04 Å². The van der Waals surface area contributed by atoms with E-state index in [-0.39, 0.29) is 0 Å². The van der Waals surface area contributed by atoms with Crippen molar-refractivity contribution >= 4 is 0 Å². The molecule has 1 aromatic rings. The van der Waals surface area contributed by atoms with Crippen molar-refractivity contribution in [3.8, 4) is 5.75 Å². The van der Waals surface area contributed by atoms with Gasteiger partial charge in [0.1, 0.15) is 12.4 Å². The maximum absolute atomic E-state index is 5.96. The monoisotopic (exact) mass is 277 g/mol. The average Bonchev–Trinajstić information content (AvgIpc) is 2.48. The molecule has 0 heterocycles. The van der Waals surface area contributed by atoms with Gasteiger partial charge >= 0.3 is 0 Å². The minimum atomic E-state index is 0.440. The Bertz CT molecular complexity index is 347. The molecule has 0 aliphatic heterocycles. The summed E-state index contributed by atoms with van der Waals surface area (Å²) in [5.41, 5.74) is 1.39. The molecule has 1 rings (SSSR count). The van der Waals surface area contributed by atoms with E-state index >= 15 is 0 Å². The third-order valence-electron chi connectivity index (χ3n) is 3.88. The summed E-state index contributed by atoms with van der Waals surface area (Å²) in [6.45, 7) is 10.8. The summed E-state index contributed by atoms with van der Waals surface area (Å²) >= 11 is 0. The SMILES string of the molecule is CCCNC(COc1ccc(CCC)cc1)C(C)CC. The topological polar surface area (TPSA) is 21.3 Å². The smallest absolute Gasteiger partial charge is 0.119 e. The van der Waals surface area contributed by atoms with Crippen molar-refractivity contribution in [1.82, 2.24) is 5.32 Å². The van der Waals surface area contributed by atoms with Crippen molar-refractivity contribution in [2.45, 2.75) is 59.4 Å². The first kappa shape index (κ1) is 17.0. The molecule has 0 saturated carbocycles. The van der Waals surface area contributed by atoms with Crippen molar-refractivity contribution < 1.29 is 4.74 Å². The standard InChI is InChI=1S/C18H31NO/c1-5-8-16-9-11-17(12-10-16)20-14-18(15(4)7-3)19-13-6-2/h9-12,15,18-19H,5-8,13-14H2,1-4H3. The Morgan fingerprint density at radius 1 is 1.05 bits per heavy atom. The molecule has 0 aliphatic rings. The molecule has 0 radical (unpaired) electrons. The summed E-state index contributed by atoms with van der Waals surface area (Å²) < 4.78 is 5.96. The summed E-state index contributed by atoms with van der Waals surface area (Å²) in [4.78, 5) is 0. The van der Waals surface area contributed by atoms with Gasteiger partial charge in [0.05, 0.1) is 0 Å². The number of hydrogen-bond acceptors (Lipinski definition) is 2. The van der Waals surface area contributed by atoms with Crippen LogP contribution in [0.2, 0.25) is 0 Å². The number of nitrogens with one attached hydrogen (secondary N) is 1. The molecule has 2 unspecified atom stereocenters. The van der Waals surface area contributed by atoms with Gasteiger partial charge < -0.3 is 10.1 Å². The number of rotatable bonds is 10. The number of aryl methyl sites for hydroxylation is 1. The molecule has 0 bridgehead atoms. The Labute approximate surface area is 124 Å². The Morgan fingerprint density at radius 3 is 2.30 bits per heavy atom. The van der Waals surface area contributed by atoms with Gasteiger partial charge in [0.25, 0.3) is 0 Å². The van der Waals surface area contributed by atoms with E-state index in [9.17, 15) is 0 Å². The van der Waals surface area contributed by atoms with E-state index in [2.05, 4.69) is 57.3 Å². The molecule has 20 heavy (non-hydrogen) atoms. The molecular formula is C18H31NO. The van der Waals surface area contributed by atoms with Crippen molar-refractivity contribution in [3.05, 3.63) is 29.8 Å². The second-order valence-electron chi connectivity index (χ2n) is 5.65. The van der Waals surface area contributed by atoms with Gasteiger partial charge in [-0.1, -0.05) is 52.7 Å². The van der Waals surface area contributed by atoms with Crippen LogP contribution in [-0.2, 0) is 6.42 Å². The lowest BCUT2D eigenvalue weighted by Crippen LogP contribution is -2.40. The molecule has 0 fully saturated rings. The Kier molecular flexibility index (Phi) is 8.36. The van der Waals surface area contributed by atoms with Gasteiger partial charge in [0.15, 0.2) is 0 Å². The van der Waals surface area contributed by atoms with Crippen LogP contribution in [0.3, 0.4) is 0 Å². The zero-order valence-electron chi connectivity index (χ0n) is 13.6. The van der Waals surface area contributed by atoms with Crippen LogP contribution >= 0.6 is 0 Å². The Balaban J connectivity index is 2.48. The van der Waals surface area contributed by atoms with E-state index in [1.807, 2.05) is 0 Å². The quantitative estimate of drug-likeness (QED) is 0.683. The highest BCUT2D eigenvalue weighted by molar-refractivity contribution is 5.27. The van der Waals surface area contributed by atoms with Crippen LogP contribution < -0.4 is 10.1 Å². The van der Waals surface area contributed by atoms with Crippen molar-refractivity contribution in [3.63, 3.8) is 0 Å². The third-order valence-corrected chi connectivity index (χ3v) is 3.88. The van der Waals surface area contributed by atoms with E-state index in [1.165, 1.54) is 24.8 Å². The van der Waals surface area contributed by atoms with Crippen molar-refractivity contribution in [2.75, 3.05) is 13.2 Å². The second-order valence-corrected chi connectivity index (χ2v) is 5.65. The summed E-state index contributed by atoms with van der Waals surface area (Å²) in [7, 11) is 0. The lowest BCUT2D eigenvalue weighted by Gasteiger charge is -2.24. The van der Waals surface area contributed by atoms with E-state index in [4.69, 9.17) is 4.74 Å². The van der Waals surface area contributed by atoms with Crippen LogP contribution in [0, 0.1) is 5.92 Å². The van der Waals surface area contributed by atoms with Crippen LogP contribution in [-0.4, -0.2) is 19.2 Å². The largest absolute Gasteiger partial charge is 0.492 e. The van der Waals surface area contributed by atoms with Gasteiger partial charge in [-0.3, -0.25) is 0 Å². The van der Waals surface area contributed by atoms with Gasteiger partial charge in [0.2, 0.25) is 0 Å². The fraction of sp³-hybridized carbons (Fsp3) is 0.667. The normalized spacial score (nSPS) is 14.0. The minimum absolute atomic E-state index is 0.440. The predicted octanol–water partition coefficient (Wildman–Crippen LogP) is 4.43. The first-order valence-electron chi connectivity index (χ1n) is 8.16. The molecular weight excluding hydrogens is 246 g/mol. The molecule has 114 valence electrons. The number of ether oxygens (including phenoxy) is 1. The van der Waals surface area contributed by atoms with Crippen LogP contribution in [0.4, 0.5) is 0 Å². The van der Waals surface area contributed by atoms with Crippen LogP contribution in [0.15, 0.2) is 24.3 Å². The van der Waals surface area contributed by atoms with Gasteiger partial charge in [-0.25, -0.2) is 0 Å². The minimum Gasteiger partial charge on any atom is -0.492 e. The highest BCUT2D eigenvalue weighted by atomic mass is 16.5. The van der Waals surface area contributed by atoms with Crippen LogP contribution in [0.25, 0.3) is 0 Å². The molecule has 0 amide bonds. The van der Waals surface area contributed by atoms with E-state index in [0.717, 1.165) is 25.3 Å². The lowest BCUT2D eigenvalue weighted by molar-refractivity contribution is 0.220. The van der Waals surface area contributed by atoms with E-state index in [1.54, 1.807) is 0 Å². The molecule has 0 aliphatic carbocycles. The molecule has 1 aromatic carbocycles. The number of hydrogen-bond donors (Lipinski definition) is 1. The first-order valence-corrected chi connectivity index (χ1v) is 8.16. The van der Waals surface area contributed by atoms with E-state index in [0.29, 0.717) is 12.0 Å². The molecule has 0 spiro atoms. The highest BCUT2D eigenvalue weighted by Gasteiger charge is 2.15. The lowest BCUT2D eigenvalue weighted by atomic mass is 10.00. The molecule has 2 heteroatoms. The average molecular weight is 277 g/mol. The molecule has 0 saturated heterocycles. The van der Waals surface area contributed by atoms with Gasteiger partial charge in [-0.05, 0) is 43.0 Å².